The van der Waals surface area contributed by atoms with Crippen LogP contribution in [0.2, 0.25) is 0 Å². The molecule has 0 bridgehead atoms. The molecule has 1 aromatic rings. The van der Waals surface area contributed by atoms with Crippen molar-refractivity contribution in [2.75, 3.05) is 20.7 Å². The number of hydrogen-bond donors (Lipinski definition) is 2. The van der Waals surface area contributed by atoms with Gasteiger partial charge in [-0.25, -0.2) is 9.79 Å². The van der Waals surface area contributed by atoms with Crippen molar-refractivity contribution >= 4 is 12.2 Å². The summed E-state index contributed by atoms with van der Waals surface area (Å²) < 4.78 is 6.84. The van der Waals surface area contributed by atoms with Crippen molar-refractivity contribution in [3.8, 4) is 0 Å². The number of aliphatic hydroxyl groups is 2. The van der Waals surface area contributed by atoms with Gasteiger partial charge in [-0.05, 0) is 13.0 Å². The Morgan fingerprint density at radius 3 is 2.77 bits per heavy atom. The van der Waals surface area contributed by atoms with E-state index in [1.165, 1.54) is 17.1 Å². The number of ether oxygens (including phenoxy) is 1. The minimum absolute atomic E-state index is 0.221. The smallest absolute Gasteiger partial charge is 0.351 e. The zero-order valence-corrected chi connectivity index (χ0v) is 13.2. The summed E-state index contributed by atoms with van der Waals surface area (Å²) in [6.45, 7) is 3.14. The van der Waals surface area contributed by atoms with Crippen LogP contribution in [0.3, 0.4) is 0 Å². The zero-order chi connectivity index (χ0) is 16.5. The van der Waals surface area contributed by atoms with Crippen molar-refractivity contribution in [3.63, 3.8) is 0 Å². The molecular formula is C14H22N4O4. The van der Waals surface area contributed by atoms with Crippen molar-refractivity contribution in [3.05, 3.63) is 22.7 Å². The predicted octanol–water partition coefficient (Wildman–Crippen LogP) is -0.259. The molecule has 122 valence electrons. The maximum atomic E-state index is 12.2. The molecule has 8 heteroatoms. The van der Waals surface area contributed by atoms with E-state index in [0.29, 0.717) is 0 Å². The summed E-state index contributed by atoms with van der Waals surface area (Å²) in [7, 11) is 3.62. The first-order chi connectivity index (χ1) is 10.3. The fraction of sp³-hybridized carbons (Fsp3) is 0.643. The molecule has 8 nitrogen and oxygen atoms in total. The van der Waals surface area contributed by atoms with Crippen molar-refractivity contribution in [2.45, 2.75) is 31.8 Å². The summed E-state index contributed by atoms with van der Waals surface area (Å²) in [5.74, 6) is -0.0415. The Labute approximate surface area is 128 Å². The van der Waals surface area contributed by atoms with Crippen molar-refractivity contribution < 1.29 is 14.9 Å². The quantitative estimate of drug-likeness (QED) is 0.587. The van der Waals surface area contributed by atoms with Crippen LogP contribution in [0.25, 0.3) is 0 Å². The Balaban J connectivity index is 2.32. The summed E-state index contributed by atoms with van der Waals surface area (Å²) in [5.41, 5.74) is -1.85. The predicted molar refractivity (Wildman–Crippen MR) is 81.1 cm³/mol. The van der Waals surface area contributed by atoms with Gasteiger partial charge in [-0.1, -0.05) is 6.92 Å². The van der Waals surface area contributed by atoms with E-state index < -0.39 is 23.6 Å². The van der Waals surface area contributed by atoms with Crippen LogP contribution in [-0.2, 0) is 4.74 Å². The summed E-state index contributed by atoms with van der Waals surface area (Å²) in [5, 5.41) is 19.9. The van der Waals surface area contributed by atoms with Gasteiger partial charge in [0.05, 0.1) is 19.0 Å². The summed E-state index contributed by atoms with van der Waals surface area (Å²) in [4.78, 5) is 21.8. The summed E-state index contributed by atoms with van der Waals surface area (Å²) >= 11 is 0. The normalized spacial score (nSPS) is 31.8. The maximum absolute atomic E-state index is 12.2. The first kappa shape index (κ1) is 16.6. The average Bonchev–Trinajstić information content (AvgIpc) is 2.68. The third-order valence-corrected chi connectivity index (χ3v) is 3.95. The van der Waals surface area contributed by atoms with Gasteiger partial charge in [0.15, 0.2) is 12.0 Å². The van der Waals surface area contributed by atoms with Crippen LogP contribution in [0.1, 0.15) is 20.1 Å². The van der Waals surface area contributed by atoms with Crippen molar-refractivity contribution in [1.29, 1.82) is 0 Å². The summed E-state index contributed by atoms with van der Waals surface area (Å²) in [6.07, 6.45) is 1.60. The van der Waals surface area contributed by atoms with E-state index in [9.17, 15) is 15.0 Å². The molecule has 0 spiro atoms. The highest BCUT2D eigenvalue weighted by Crippen LogP contribution is 2.41. The number of aliphatic imine (C=N–C) groups is 1. The van der Waals surface area contributed by atoms with Gasteiger partial charge in [0.2, 0.25) is 0 Å². The standard InChI is InChI=1S/C14H22N4O4/c1-9-10(7-19)22-12(14(9,2)21)18-6-5-11(16-13(18)20)15-8-17(3)4/h5-6,8-10,12,19,21H,7H2,1-4H3/b15-8-. The number of rotatable bonds is 4. The highest BCUT2D eigenvalue weighted by Gasteiger charge is 2.51. The molecule has 0 aliphatic carbocycles. The Hall–Kier alpha value is -1.77. The van der Waals surface area contributed by atoms with Crippen LogP contribution in [0.5, 0.6) is 0 Å². The Kier molecular flexibility index (Phi) is 4.64. The van der Waals surface area contributed by atoms with Gasteiger partial charge in [0.25, 0.3) is 0 Å². The Morgan fingerprint density at radius 2 is 2.27 bits per heavy atom. The molecule has 2 N–H and O–H groups in total. The van der Waals surface area contributed by atoms with Crippen molar-refractivity contribution in [1.82, 2.24) is 14.5 Å². The molecule has 2 rings (SSSR count). The number of aromatic nitrogens is 2. The average molecular weight is 310 g/mol. The second-order valence-electron chi connectivity index (χ2n) is 5.91. The van der Waals surface area contributed by atoms with E-state index in [1.54, 1.807) is 24.8 Å². The van der Waals surface area contributed by atoms with Gasteiger partial charge in [0, 0.05) is 26.2 Å². The van der Waals surface area contributed by atoms with Crippen LogP contribution in [0.15, 0.2) is 22.1 Å². The van der Waals surface area contributed by atoms with E-state index in [4.69, 9.17) is 4.74 Å². The van der Waals surface area contributed by atoms with Crippen LogP contribution in [0.4, 0.5) is 5.82 Å². The lowest BCUT2D eigenvalue weighted by molar-refractivity contribution is -0.0917. The molecule has 1 saturated heterocycles. The van der Waals surface area contributed by atoms with Gasteiger partial charge in [-0.2, -0.15) is 4.98 Å². The largest absolute Gasteiger partial charge is 0.394 e. The van der Waals surface area contributed by atoms with Crippen LogP contribution >= 0.6 is 0 Å². The van der Waals surface area contributed by atoms with Gasteiger partial charge in [0.1, 0.15) is 5.60 Å². The second kappa shape index (κ2) is 6.15. The number of aliphatic hydroxyl groups excluding tert-OH is 1. The van der Waals surface area contributed by atoms with E-state index in [-0.39, 0.29) is 18.3 Å². The fourth-order valence-electron chi connectivity index (χ4n) is 2.40. The van der Waals surface area contributed by atoms with Crippen LogP contribution in [-0.4, -0.2) is 63.4 Å². The molecular weight excluding hydrogens is 288 g/mol. The Bertz CT molecular complexity index is 611. The van der Waals surface area contributed by atoms with E-state index in [1.807, 2.05) is 14.1 Å². The zero-order valence-electron chi connectivity index (χ0n) is 13.2. The Morgan fingerprint density at radius 1 is 1.59 bits per heavy atom. The molecule has 1 fully saturated rings. The van der Waals surface area contributed by atoms with E-state index in [2.05, 4.69) is 9.98 Å². The molecule has 4 atom stereocenters. The van der Waals surface area contributed by atoms with Crippen molar-refractivity contribution in [2.24, 2.45) is 10.9 Å². The lowest BCUT2D eigenvalue weighted by Gasteiger charge is -2.28. The van der Waals surface area contributed by atoms with Gasteiger partial charge in [-0.15, -0.1) is 0 Å². The van der Waals surface area contributed by atoms with E-state index in [0.717, 1.165) is 0 Å². The third-order valence-electron chi connectivity index (χ3n) is 3.95. The first-order valence-electron chi connectivity index (χ1n) is 7.06. The number of nitrogens with zero attached hydrogens (tertiary/aromatic N) is 4. The molecule has 0 aromatic carbocycles. The molecule has 1 aliphatic heterocycles. The molecule has 4 unspecified atom stereocenters. The van der Waals surface area contributed by atoms with Gasteiger partial charge in [-0.3, -0.25) is 4.57 Å². The number of hydrogen-bond acceptors (Lipinski definition) is 6. The lowest BCUT2D eigenvalue weighted by atomic mass is 9.88. The SMILES string of the molecule is CC1C(CO)OC(n2ccc(/N=C\N(C)C)nc2=O)C1(C)O. The van der Waals surface area contributed by atoms with Gasteiger partial charge < -0.3 is 19.8 Å². The van der Waals surface area contributed by atoms with Gasteiger partial charge >= 0.3 is 5.69 Å². The van der Waals surface area contributed by atoms with Crippen LogP contribution < -0.4 is 5.69 Å². The minimum Gasteiger partial charge on any atom is -0.394 e. The maximum Gasteiger partial charge on any atom is 0.351 e. The molecule has 0 amide bonds. The molecule has 2 heterocycles. The molecule has 0 radical (unpaired) electrons. The third kappa shape index (κ3) is 3.03. The van der Waals surface area contributed by atoms with E-state index >= 15 is 0 Å². The highest BCUT2D eigenvalue weighted by atomic mass is 16.5. The lowest BCUT2D eigenvalue weighted by Crippen LogP contribution is -2.41. The second-order valence-corrected chi connectivity index (χ2v) is 5.91. The molecule has 0 saturated carbocycles. The molecule has 22 heavy (non-hydrogen) atoms. The first-order valence-corrected chi connectivity index (χ1v) is 7.06. The highest BCUT2D eigenvalue weighted by molar-refractivity contribution is 5.58. The van der Waals surface area contributed by atoms with Crippen LogP contribution in [0, 0.1) is 5.92 Å². The molecule has 1 aliphatic rings. The topological polar surface area (TPSA) is 100 Å². The fourth-order valence-corrected chi connectivity index (χ4v) is 2.40. The minimum atomic E-state index is -1.28. The summed E-state index contributed by atoms with van der Waals surface area (Å²) in [6, 6.07) is 1.57. The monoisotopic (exact) mass is 310 g/mol. The molecule has 1 aromatic heterocycles.